The third kappa shape index (κ3) is 5.96. The molecule has 0 N–H and O–H groups in total. The normalized spacial score (nSPS) is 10.9. The van der Waals surface area contributed by atoms with E-state index in [2.05, 4.69) is 25.7 Å². The van der Waals surface area contributed by atoms with Crippen LogP contribution in [-0.4, -0.2) is 38.3 Å². The third-order valence-corrected chi connectivity index (χ3v) is 3.70. The second-order valence-corrected chi connectivity index (χ2v) is 5.33. The molecule has 0 heterocycles. The molecule has 0 aromatic heterocycles. The van der Waals surface area contributed by atoms with Crippen LogP contribution in [-0.2, 0) is 6.42 Å². The van der Waals surface area contributed by atoms with E-state index < -0.39 is 0 Å². The topological polar surface area (TPSA) is 21.7 Å². The molecule has 0 aliphatic heterocycles. The van der Waals surface area contributed by atoms with Gasteiger partial charge in [-0.05, 0) is 44.5 Å². The molecular formula is C18H31NO2. The smallest absolute Gasteiger partial charge is 0.126 e. The van der Waals surface area contributed by atoms with Gasteiger partial charge in [-0.2, -0.15) is 0 Å². The van der Waals surface area contributed by atoms with Gasteiger partial charge in [0, 0.05) is 12.1 Å². The van der Waals surface area contributed by atoms with Crippen molar-refractivity contribution in [2.24, 2.45) is 0 Å². The Hall–Kier alpha value is -1.22. The lowest BCUT2D eigenvalue weighted by Crippen LogP contribution is -2.30. The summed E-state index contributed by atoms with van der Waals surface area (Å²) < 4.78 is 11.4. The van der Waals surface area contributed by atoms with Crippen molar-refractivity contribution in [1.82, 2.24) is 4.90 Å². The maximum absolute atomic E-state index is 6.01. The summed E-state index contributed by atoms with van der Waals surface area (Å²) in [6, 6.07) is 6.03. The predicted octanol–water partition coefficient (Wildman–Crippen LogP) is 4.15. The number of hydrogen-bond donors (Lipinski definition) is 0. The van der Waals surface area contributed by atoms with E-state index in [-0.39, 0.29) is 0 Å². The van der Waals surface area contributed by atoms with Crippen LogP contribution in [0, 0.1) is 0 Å². The molecule has 0 aliphatic carbocycles. The molecule has 1 rings (SSSR count). The first-order chi connectivity index (χ1) is 10.3. The van der Waals surface area contributed by atoms with E-state index in [9.17, 15) is 0 Å². The Morgan fingerprint density at radius 2 is 1.71 bits per heavy atom. The summed E-state index contributed by atoms with van der Waals surface area (Å²) in [5.74, 6) is 1.88. The van der Waals surface area contributed by atoms with Crippen LogP contribution in [0.25, 0.3) is 0 Å². The molecule has 21 heavy (non-hydrogen) atoms. The van der Waals surface area contributed by atoms with Crippen LogP contribution in [0.4, 0.5) is 0 Å². The van der Waals surface area contributed by atoms with Gasteiger partial charge in [0.05, 0.1) is 7.11 Å². The van der Waals surface area contributed by atoms with Crippen LogP contribution < -0.4 is 9.47 Å². The van der Waals surface area contributed by atoms with Gasteiger partial charge < -0.3 is 9.47 Å². The highest BCUT2D eigenvalue weighted by atomic mass is 16.5. The van der Waals surface area contributed by atoms with Crippen molar-refractivity contribution in [2.45, 2.75) is 46.5 Å². The van der Waals surface area contributed by atoms with E-state index in [0.717, 1.165) is 43.2 Å². The number of unbranched alkanes of at least 4 members (excludes halogenated alkanes) is 1. The van der Waals surface area contributed by atoms with Crippen LogP contribution in [0.5, 0.6) is 11.5 Å². The molecule has 1 aromatic rings. The first-order valence-corrected chi connectivity index (χ1v) is 8.27. The van der Waals surface area contributed by atoms with Gasteiger partial charge in [0.15, 0.2) is 0 Å². The molecule has 0 saturated heterocycles. The average molecular weight is 293 g/mol. The molecule has 3 nitrogen and oxygen atoms in total. The quantitative estimate of drug-likeness (QED) is 0.612. The zero-order valence-corrected chi connectivity index (χ0v) is 14.2. The van der Waals surface area contributed by atoms with Crippen molar-refractivity contribution >= 4 is 0 Å². The zero-order valence-electron chi connectivity index (χ0n) is 14.2. The van der Waals surface area contributed by atoms with Crippen molar-refractivity contribution in [2.75, 3.05) is 33.4 Å². The highest BCUT2D eigenvalue weighted by Gasteiger charge is 2.09. The Morgan fingerprint density at radius 3 is 2.33 bits per heavy atom. The van der Waals surface area contributed by atoms with Crippen LogP contribution >= 0.6 is 0 Å². The summed E-state index contributed by atoms with van der Waals surface area (Å²) in [7, 11) is 1.71. The van der Waals surface area contributed by atoms with Gasteiger partial charge in [0.2, 0.25) is 0 Å². The van der Waals surface area contributed by atoms with Crippen LogP contribution in [0.1, 0.15) is 45.6 Å². The third-order valence-electron chi connectivity index (χ3n) is 3.70. The molecule has 120 valence electrons. The molecule has 1 aromatic carbocycles. The van der Waals surface area contributed by atoms with Crippen LogP contribution in [0.15, 0.2) is 18.2 Å². The highest BCUT2D eigenvalue weighted by molar-refractivity contribution is 5.44. The maximum atomic E-state index is 6.01. The van der Waals surface area contributed by atoms with Crippen molar-refractivity contribution in [1.29, 1.82) is 0 Å². The van der Waals surface area contributed by atoms with E-state index in [0.29, 0.717) is 0 Å². The summed E-state index contributed by atoms with van der Waals surface area (Å²) >= 11 is 0. The van der Waals surface area contributed by atoms with E-state index in [1.807, 2.05) is 18.2 Å². The van der Waals surface area contributed by atoms with Gasteiger partial charge in [0.1, 0.15) is 18.1 Å². The molecule has 0 unspecified atom stereocenters. The van der Waals surface area contributed by atoms with Crippen molar-refractivity contribution < 1.29 is 9.47 Å². The number of nitrogens with zero attached hydrogens (tertiary/aromatic N) is 1. The molecule has 0 spiro atoms. The van der Waals surface area contributed by atoms with E-state index in [1.54, 1.807) is 7.11 Å². The minimum absolute atomic E-state index is 0.740. The van der Waals surface area contributed by atoms with Gasteiger partial charge in [-0.25, -0.2) is 0 Å². The lowest BCUT2D eigenvalue weighted by Gasteiger charge is -2.22. The lowest BCUT2D eigenvalue weighted by molar-refractivity contribution is 0.205. The first kappa shape index (κ1) is 17.8. The molecule has 0 saturated carbocycles. The van der Waals surface area contributed by atoms with Gasteiger partial charge >= 0.3 is 0 Å². The average Bonchev–Trinajstić information content (AvgIpc) is 2.52. The standard InChI is InChI=1S/C18H31NO2/c1-5-8-13-19(12-6-2)14-15-21-18-11-9-10-17(20-4)16(18)7-3/h9-11H,5-8,12-15H2,1-4H3. The number of benzene rings is 1. The fourth-order valence-corrected chi connectivity index (χ4v) is 2.54. The van der Waals surface area contributed by atoms with Crippen LogP contribution in [0.2, 0.25) is 0 Å². The Bertz CT molecular complexity index is 393. The largest absolute Gasteiger partial charge is 0.496 e. The van der Waals surface area contributed by atoms with Gasteiger partial charge in [-0.3, -0.25) is 4.90 Å². The number of rotatable bonds is 11. The fourth-order valence-electron chi connectivity index (χ4n) is 2.54. The van der Waals surface area contributed by atoms with E-state index in [4.69, 9.17) is 9.47 Å². The minimum Gasteiger partial charge on any atom is -0.496 e. The van der Waals surface area contributed by atoms with Crippen molar-refractivity contribution in [3.8, 4) is 11.5 Å². The van der Waals surface area contributed by atoms with Gasteiger partial charge in [0.25, 0.3) is 0 Å². The Balaban J connectivity index is 2.53. The summed E-state index contributed by atoms with van der Waals surface area (Å²) in [6.07, 6.45) is 4.63. The Kier molecular flexibility index (Phi) is 8.91. The maximum Gasteiger partial charge on any atom is 0.126 e. The van der Waals surface area contributed by atoms with E-state index >= 15 is 0 Å². The molecule has 0 aliphatic rings. The first-order valence-electron chi connectivity index (χ1n) is 8.27. The van der Waals surface area contributed by atoms with Gasteiger partial charge in [-0.1, -0.05) is 33.3 Å². The van der Waals surface area contributed by atoms with Crippen LogP contribution in [0.3, 0.4) is 0 Å². The monoisotopic (exact) mass is 293 g/mol. The van der Waals surface area contributed by atoms with Crippen molar-refractivity contribution in [3.05, 3.63) is 23.8 Å². The zero-order chi connectivity index (χ0) is 15.5. The molecular weight excluding hydrogens is 262 g/mol. The Morgan fingerprint density at radius 1 is 0.952 bits per heavy atom. The fraction of sp³-hybridized carbons (Fsp3) is 0.667. The second kappa shape index (κ2) is 10.5. The number of methoxy groups -OCH3 is 1. The molecule has 0 bridgehead atoms. The van der Waals surface area contributed by atoms with E-state index in [1.165, 1.54) is 25.8 Å². The lowest BCUT2D eigenvalue weighted by atomic mass is 10.1. The van der Waals surface area contributed by atoms with Gasteiger partial charge in [-0.15, -0.1) is 0 Å². The highest BCUT2D eigenvalue weighted by Crippen LogP contribution is 2.28. The molecule has 0 amide bonds. The molecule has 3 heteroatoms. The molecule has 0 fully saturated rings. The Labute approximate surface area is 130 Å². The van der Waals surface area contributed by atoms with Crippen molar-refractivity contribution in [3.63, 3.8) is 0 Å². The summed E-state index contributed by atoms with van der Waals surface area (Å²) in [6.45, 7) is 10.7. The summed E-state index contributed by atoms with van der Waals surface area (Å²) in [5.41, 5.74) is 1.16. The summed E-state index contributed by atoms with van der Waals surface area (Å²) in [4.78, 5) is 2.50. The summed E-state index contributed by atoms with van der Waals surface area (Å²) in [5, 5.41) is 0. The predicted molar refractivity (Wildman–Crippen MR) is 89.5 cm³/mol. The molecule has 0 radical (unpaired) electrons. The number of ether oxygens (including phenoxy) is 2. The molecule has 0 atom stereocenters. The number of hydrogen-bond acceptors (Lipinski definition) is 3. The minimum atomic E-state index is 0.740. The second-order valence-electron chi connectivity index (χ2n) is 5.33. The SMILES string of the molecule is CCCCN(CCC)CCOc1cccc(OC)c1CC.